The molecule has 5 nitrogen and oxygen atoms in total. The molecule has 1 N–H and O–H groups in total. The molecule has 0 radical (unpaired) electrons. The Bertz CT molecular complexity index is 439. The number of hydrogen-bond donors (Lipinski definition) is 1. The van der Waals surface area contributed by atoms with Gasteiger partial charge in [0, 0.05) is 6.42 Å². The smallest absolute Gasteiger partial charge is 0.335 e. The summed E-state index contributed by atoms with van der Waals surface area (Å²) in [5.74, 6) is -0.785. The van der Waals surface area contributed by atoms with E-state index in [0.29, 0.717) is 24.3 Å². The maximum Gasteiger partial charge on any atom is 0.335 e. The van der Waals surface area contributed by atoms with E-state index in [1.807, 2.05) is 0 Å². The number of benzene rings is 1. The van der Waals surface area contributed by atoms with Gasteiger partial charge in [-0.1, -0.05) is 0 Å². The molecule has 0 fully saturated rings. The molecular formula is C13H16O5. The molecule has 1 aromatic rings. The van der Waals surface area contributed by atoms with Crippen molar-refractivity contribution >= 4 is 11.9 Å². The highest BCUT2D eigenvalue weighted by molar-refractivity contribution is 5.89. The van der Waals surface area contributed by atoms with Gasteiger partial charge in [-0.05, 0) is 37.1 Å². The summed E-state index contributed by atoms with van der Waals surface area (Å²) in [7, 11) is 1.50. The molecule has 1 aromatic carbocycles. The second-order valence-electron chi connectivity index (χ2n) is 3.63. The first-order chi connectivity index (χ1) is 8.58. The number of ether oxygens (including phenoxy) is 2. The monoisotopic (exact) mass is 252 g/mol. The molecule has 0 unspecified atom stereocenters. The lowest BCUT2D eigenvalue weighted by atomic mass is 10.0. The lowest BCUT2D eigenvalue weighted by molar-refractivity contribution is -0.143. The van der Waals surface area contributed by atoms with Gasteiger partial charge in [-0.25, -0.2) is 4.79 Å². The minimum atomic E-state index is -1.02. The van der Waals surface area contributed by atoms with E-state index >= 15 is 0 Å². The van der Waals surface area contributed by atoms with E-state index in [2.05, 4.69) is 0 Å². The Morgan fingerprint density at radius 2 is 2.06 bits per heavy atom. The molecule has 0 bridgehead atoms. The summed E-state index contributed by atoms with van der Waals surface area (Å²) in [6.45, 7) is 2.05. The number of carboxylic acids is 1. The summed E-state index contributed by atoms with van der Waals surface area (Å²) >= 11 is 0. The van der Waals surface area contributed by atoms with Crippen molar-refractivity contribution in [3.05, 3.63) is 29.3 Å². The third-order valence-electron chi connectivity index (χ3n) is 2.45. The third kappa shape index (κ3) is 3.76. The Kier molecular flexibility index (Phi) is 5.17. The van der Waals surface area contributed by atoms with Crippen molar-refractivity contribution in [1.29, 1.82) is 0 Å². The van der Waals surface area contributed by atoms with Gasteiger partial charge in [0.05, 0.1) is 19.3 Å². The van der Waals surface area contributed by atoms with Gasteiger partial charge >= 0.3 is 11.9 Å². The second kappa shape index (κ2) is 6.64. The summed E-state index contributed by atoms with van der Waals surface area (Å²) in [5.41, 5.74) is 0.745. The molecule has 0 atom stereocenters. The van der Waals surface area contributed by atoms with Gasteiger partial charge in [0.15, 0.2) is 0 Å². The van der Waals surface area contributed by atoms with Crippen molar-refractivity contribution in [1.82, 2.24) is 0 Å². The quantitative estimate of drug-likeness (QED) is 0.783. The molecule has 0 heterocycles. The molecule has 0 aliphatic heterocycles. The van der Waals surface area contributed by atoms with Crippen LogP contribution in [0.3, 0.4) is 0 Å². The zero-order valence-corrected chi connectivity index (χ0v) is 10.4. The van der Waals surface area contributed by atoms with E-state index in [1.54, 1.807) is 19.1 Å². The third-order valence-corrected chi connectivity index (χ3v) is 2.45. The molecule has 0 saturated carbocycles. The standard InChI is InChI=1S/C13H16O5/c1-3-18-12(14)7-4-9-8-10(17-2)5-6-11(9)13(15)16/h5-6,8H,3-4,7H2,1-2H3,(H,15,16). The first-order valence-electron chi connectivity index (χ1n) is 5.64. The maximum absolute atomic E-state index is 11.3. The number of methoxy groups -OCH3 is 1. The van der Waals surface area contributed by atoms with Gasteiger partial charge in [-0.15, -0.1) is 0 Å². The van der Waals surface area contributed by atoms with E-state index in [9.17, 15) is 9.59 Å². The molecule has 18 heavy (non-hydrogen) atoms. The summed E-state index contributed by atoms with van der Waals surface area (Å²) < 4.78 is 9.84. The average molecular weight is 252 g/mol. The molecule has 0 aliphatic rings. The topological polar surface area (TPSA) is 72.8 Å². The molecule has 98 valence electrons. The SMILES string of the molecule is CCOC(=O)CCc1cc(OC)ccc1C(=O)O. The molecule has 0 spiro atoms. The van der Waals surface area contributed by atoms with Crippen molar-refractivity contribution in [3.8, 4) is 5.75 Å². The van der Waals surface area contributed by atoms with E-state index < -0.39 is 5.97 Å². The zero-order chi connectivity index (χ0) is 13.5. The van der Waals surface area contributed by atoms with Crippen molar-refractivity contribution < 1.29 is 24.2 Å². The largest absolute Gasteiger partial charge is 0.497 e. The molecule has 0 amide bonds. The number of aryl methyl sites for hydroxylation is 1. The van der Waals surface area contributed by atoms with E-state index in [1.165, 1.54) is 13.2 Å². The van der Waals surface area contributed by atoms with Crippen LogP contribution in [0.1, 0.15) is 29.3 Å². The van der Waals surface area contributed by atoms with Crippen LogP contribution in [-0.2, 0) is 16.0 Å². The number of carboxylic acid groups (broad SMARTS) is 1. The molecule has 0 aliphatic carbocycles. The molecule has 0 aromatic heterocycles. The van der Waals surface area contributed by atoms with Crippen molar-refractivity contribution in [2.45, 2.75) is 19.8 Å². The Labute approximate surface area is 105 Å². The number of rotatable bonds is 6. The number of carbonyl (C=O) groups excluding carboxylic acids is 1. The van der Waals surface area contributed by atoms with E-state index in [4.69, 9.17) is 14.6 Å². The predicted molar refractivity (Wildman–Crippen MR) is 64.9 cm³/mol. The summed E-state index contributed by atoms with van der Waals surface area (Å²) in [4.78, 5) is 22.3. The van der Waals surface area contributed by atoms with Crippen molar-refractivity contribution in [3.63, 3.8) is 0 Å². The fourth-order valence-corrected chi connectivity index (χ4v) is 1.58. The van der Waals surface area contributed by atoms with Crippen LogP contribution in [0.5, 0.6) is 5.75 Å². The number of hydrogen-bond acceptors (Lipinski definition) is 4. The molecule has 5 heteroatoms. The number of carbonyl (C=O) groups is 2. The van der Waals surface area contributed by atoms with Crippen LogP contribution in [0, 0.1) is 0 Å². The van der Waals surface area contributed by atoms with Crippen LogP contribution in [0.4, 0.5) is 0 Å². The van der Waals surface area contributed by atoms with Crippen LogP contribution >= 0.6 is 0 Å². The minimum absolute atomic E-state index is 0.154. The van der Waals surface area contributed by atoms with Gasteiger partial charge in [-0.2, -0.15) is 0 Å². The highest BCUT2D eigenvalue weighted by Gasteiger charge is 2.12. The Morgan fingerprint density at radius 1 is 1.33 bits per heavy atom. The molecular weight excluding hydrogens is 236 g/mol. The van der Waals surface area contributed by atoms with Crippen LogP contribution in [0.25, 0.3) is 0 Å². The summed E-state index contributed by atoms with van der Waals surface area (Å²) in [5, 5.41) is 9.04. The first-order valence-corrected chi connectivity index (χ1v) is 5.64. The van der Waals surface area contributed by atoms with Crippen LogP contribution in [0.2, 0.25) is 0 Å². The Morgan fingerprint density at radius 3 is 2.61 bits per heavy atom. The van der Waals surface area contributed by atoms with Gasteiger partial charge in [0.1, 0.15) is 5.75 Å². The highest BCUT2D eigenvalue weighted by atomic mass is 16.5. The average Bonchev–Trinajstić information content (AvgIpc) is 2.36. The normalized spacial score (nSPS) is 9.89. The van der Waals surface area contributed by atoms with Gasteiger partial charge in [0.25, 0.3) is 0 Å². The summed E-state index contributed by atoms with van der Waals surface area (Å²) in [6, 6.07) is 4.68. The maximum atomic E-state index is 11.3. The van der Waals surface area contributed by atoms with E-state index in [-0.39, 0.29) is 18.0 Å². The fourth-order valence-electron chi connectivity index (χ4n) is 1.58. The predicted octanol–water partition coefficient (Wildman–Crippen LogP) is 1.89. The zero-order valence-electron chi connectivity index (χ0n) is 10.4. The van der Waals surface area contributed by atoms with Gasteiger partial charge in [-0.3, -0.25) is 4.79 Å². The lowest BCUT2D eigenvalue weighted by Gasteiger charge is -2.08. The summed E-state index contributed by atoms with van der Waals surface area (Å²) in [6.07, 6.45) is 0.471. The first kappa shape index (κ1) is 14.0. The van der Waals surface area contributed by atoms with Crippen LogP contribution in [0.15, 0.2) is 18.2 Å². The molecule has 1 rings (SSSR count). The van der Waals surface area contributed by atoms with Gasteiger partial charge < -0.3 is 14.6 Å². The van der Waals surface area contributed by atoms with E-state index in [0.717, 1.165) is 0 Å². The lowest BCUT2D eigenvalue weighted by Crippen LogP contribution is -2.08. The van der Waals surface area contributed by atoms with Crippen molar-refractivity contribution in [2.75, 3.05) is 13.7 Å². The molecule has 0 saturated heterocycles. The van der Waals surface area contributed by atoms with Crippen molar-refractivity contribution in [2.24, 2.45) is 0 Å². The highest BCUT2D eigenvalue weighted by Crippen LogP contribution is 2.19. The Balaban J connectivity index is 2.84. The fraction of sp³-hybridized carbons (Fsp3) is 0.385. The Hall–Kier alpha value is -2.04. The number of aromatic carboxylic acids is 1. The minimum Gasteiger partial charge on any atom is -0.497 e. The number of esters is 1. The van der Waals surface area contributed by atoms with Gasteiger partial charge in [0.2, 0.25) is 0 Å². The second-order valence-corrected chi connectivity index (χ2v) is 3.63. The van der Waals surface area contributed by atoms with Crippen LogP contribution < -0.4 is 4.74 Å². The van der Waals surface area contributed by atoms with Crippen LogP contribution in [-0.4, -0.2) is 30.8 Å².